The predicted molar refractivity (Wildman–Crippen MR) is 52.6 cm³/mol. The molecule has 0 atom stereocenters. The van der Waals surface area contributed by atoms with Gasteiger partial charge >= 0.3 is 6.61 Å². The first-order chi connectivity index (χ1) is 6.68. The van der Waals surface area contributed by atoms with E-state index < -0.39 is 6.61 Å². The number of hydrogen-bond acceptors (Lipinski definition) is 1. The van der Waals surface area contributed by atoms with Gasteiger partial charge in [0, 0.05) is 10.9 Å². The van der Waals surface area contributed by atoms with Crippen LogP contribution in [0.25, 0.3) is 10.9 Å². The molecule has 0 unspecified atom stereocenters. The van der Waals surface area contributed by atoms with E-state index in [4.69, 9.17) is 0 Å². The highest BCUT2D eigenvalue weighted by atomic mass is 79.9. The number of aromatic nitrogens is 1. The minimum absolute atomic E-state index is 0.0567. The molecule has 0 bridgehead atoms. The highest BCUT2D eigenvalue weighted by molar-refractivity contribution is 9.10. The molecule has 0 radical (unpaired) electrons. The molecule has 0 saturated heterocycles. The van der Waals surface area contributed by atoms with E-state index in [9.17, 15) is 8.78 Å². The number of H-pyrrole nitrogens is 1. The number of hydrogen-bond donors (Lipinski definition) is 1. The van der Waals surface area contributed by atoms with E-state index >= 15 is 0 Å². The first kappa shape index (κ1) is 9.45. The maximum Gasteiger partial charge on any atom is 0.388 e. The lowest BCUT2D eigenvalue weighted by Gasteiger charge is -2.00. The minimum Gasteiger partial charge on any atom is -0.418 e. The molecule has 1 N–H and O–H groups in total. The lowest BCUT2D eigenvalue weighted by atomic mass is 10.3. The number of ether oxygens (including phenoxy) is 1. The van der Waals surface area contributed by atoms with Crippen molar-refractivity contribution < 1.29 is 13.5 Å². The lowest BCUT2D eigenvalue weighted by Crippen LogP contribution is -2.02. The number of alkyl halides is 2. The molecule has 2 nitrogen and oxygen atoms in total. The zero-order chi connectivity index (χ0) is 10.1. The lowest BCUT2D eigenvalue weighted by molar-refractivity contribution is -0.0528. The SMILES string of the molecule is FC(F)Oc1[nH]c2ccccc2c1Br. The van der Waals surface area contributed by atoms with Gasteiger partial charge in [0.05, 0.1) is 4.47 Å². The fraction of sp³-hybridized carbons (Fsp3) is 0.111. The molecule has 1 aromatic heterocycles. The molecule has 0 spiro atoms. The quantitative estimate of drug-likeness (QED) is 0.879. The molecular formula is C9H6BrF2NO. The van der Waals surface area contributed by atoms with E-state index in [1.807, 2.05) is 18.2 Å². The largest absolute Gasteiger partial charge is 0.418 e. The fourth-order valence-corrected chi connectivity index (χ4v) is 1.79. The average molecular weight is 262 g/mol. The van der Waals surface area contributed by atoms with Gasteiger partial charge in [-0.3, -0.25) is 0 Å². The summed E-state index contributed by atoms with van der Waals surface area (Å²) in [7, 11) is 0. The van der Waals surface area contributed by atoms with Crippen LogP contribution in [0.2, 0.25) is 0 Å². The van der Waals surface area contributed by atoms with E-state index in [2.05, 4.69) is 25.7 Å². The van der Waals surface area contributed by atoms with Crippen molar-refractivity contribution >= 4 is 26.8 Å². The smallest absolute Gasteiger partial charge is 0.388 e. The van der Waals surface area contributed by atoms with Gasteiger partial charge in [0.15, 0.2) is 0 Å². The number of halogens is 3. The molecule has 1 aromatic carbocycles. The van der Waals surface area contributed by atoms with Gasteiger partial charge in [-0.25, -0.2) is 0 Å². The van der Waals surface area contributed by atoms with Crippen molar-refractivity contribution in [1.82, 2.24) is 4.98 Å². The van der Waals surface area contributed by atoms with Crippen molar-refractivity contribution in [3.63, 3.8) is 0 Å². The fourth-order valence-electron chi connectivity index (χ4n) is 1.25. The zero-order valence-electron chi connectivity index (χ0n) is 6.93. The summed E-state index contributed by atoms with van der Waals surface area (Å²) in [5.74, 6) is 0.0567. The van der Waals surface area contributed by atoms with Crippen LogP contribution in [0.1, 0.15) is 0 Å². The summed E-state index contributed by atoms with van der Waals surface area (Å²) in [6, 6.07) is 7.25. The molecule has 2 rings (SSSR count). The van der Waals surface area contributed by atoms with Crippen molar-refractivity contribution in [2.75, 3.05) is 0 Å². The van der Waals surface area contributed by atoms with Crippen molar-refractivity contribution in [3.05, 3.63) is 28.7 Å². The summed E-state index contributed by atoms with van der Waals surface area (Å²) in [5, 5.41) is 0.822. The number of aromatic amines is 1. The first-order valence-corrected chi connectivity index (χ1v) is 4.69. The van der Waals surface area contributed by atoms with Crippen molar-refractivity contribution in [3.8, 4) is 5.88 Å². The Balaban J connectivity index is 2.51. The Morgan fingerprint density at radius 1 is 1.29 bits per heavy atom. The second-order valence-electron chi connectivity index (χ2n) is 2.69. The standard InChI is InChI=1S/C9H6BrF2NO/c10-7-5-3-1-2-4-6(5)13-8(7)14-9(11)12/h1-4,9,13H. The van der Waals surface area contributed by atoms with Crippen LogP contribution in [0.3, 0.4) is 0 Å². The molecule has 74 valence electrons. The topological polar surface area (TPSA) is 25.0 Å². The van der Waals surface area contributed by atoms with Crippen molar-refractivity contribution in [2.24, 2.45) is 0 Å². The number of rotatable bonds is 2. The first-order valence-electron chi connectivity index (χ1n) is 3.89. The third-order valence-corrected chi connectivity index (χ3v) is 2.61. The van der Waals surface area contributed by atoms with Crippen LogP contribution < -0.4 is 4.74 Å². The van der Waals surface area contributed by atoms with Crippen LogP contribution in [0.5, 0.6) is 5.88 Å². The number of nitrogens with one attached hydrogen (secondary N) is 1. The van der Waals surface area contributed by atoms with E-state index in [0.717, 1.165) is 10.9 Å². The summed E-state index contributed by atoms with van der Waals surface area (Å²) < 4.78 is 28.7. The molecule has 2 aromatic rings. The molecule has 0 aliphatic carbocycles. The van der Waals surface area contributed by atoms with E-state index in [1.165, 1.54) is 0 Å². The Kier molecular flexibility index (Phi) is 2.41. The molecule has 0 aliphatic heterocycles. The second kappa shape index (κ2) is 3.57. The van der Waals surface area contributed by atoms with E-state index in [0.29, 0.717) is 4.47 Å². The maximum atomic E-state index is 12.0. The highest BCUT2D eigenvalue weighted by Gasteiger charge is 2.13. The summed E-state index contributed by atoms with van der Waals surface area (Å²) in [6.07, 6.45) is 0. The Labute approximate surface area is 87.0 Å². The molecule has 0 saturated carbocycles. The van der Waals surface area contributed by atoms with Crippen molar-refractivity contribution in [2.45, 2.75) is 6.61 Å². The Morgan fingerprint density at radius 3 is 2.64 bits per heavy atom. The van der Waals surface area contributed by atoms with Gasteiger partial charge in [0.25, 0.3) is 0 Å². The van der Waals surface area contributed by atoms with Crippen LogP contribution in [0.15, 0.2) is 28.7 Å². The number of benzene rings is 1. The molecule has 0 aliphatic rings. The summed E-state index contributed by atoms with van der Waals surface area (Å²) >= 11 is 3.19. The second-order valence-corrected chi connectivity index (χ2v) is 3.49. The van der Waals surface area contributed by atoms with Crippen LogP contribution in [-0.2, 0) is 0 Å². The van der Waals surface area contributed by atoms with Crippen LogP contribution in [-0.4, -0.2) is 11.6 Å². The zero-order valence-corrected chi connectivity index (χ0v) is 8.51. The third-order valence-electron chi connectivity index (χ3n) is 1.82. The Hall–Kier alpha value is -1.10. The summed E-state index contributed by atoms with van der Waals surface area (Å²) in [4.78, 5) is 2.75. The molecule has 14 heavy (non-hydrogen) atoms. The minimum atomic E-state index is -2.82. The van der Waals surface area contributed by atoms with Gasteiger partial charge in [0.1, 0.15) is 0 Å². The molecule has 1 heterocycles. The third kappa shape index (κ3) is 1.59. The number of fused-ring (bicyclic) bond motifs is 1. The summed E-state index contributed by atoms with van der Waals surface area (Å²) in [5.41, 5.74) is 0.759. The van der Waals surface area contributed by atoms with Crippen LogP contribution in [0, 0.1) is 0 Å². The Morgan fingerprint density at radius 2 is 2.00 bits per heavy atom. The van der Waals surface area contributed by atoms with Crippen LogP contribution >= 0.6 is 15.9 Å². The van der Waals surface area contributed by atoms with Crippen molar-refractivity contribution in [1.29, 1.82) is 0 Å². The summed E-state index contributed by atoms with van der Waals surface area (Å²) in [6.45, 7) is -2.82. The van der Waals surface area contributed by atoms with E-state index in [1.54, 1.807) is 6.07 Å². The van der Waals surface area contributed by atoms with Gasteiger partial charge in [-0.2, -0.15) is 8.78 Å². The molecule has 0 amide bonds. The highest BCUT2D eigenvalue weighted by Crippen LogP contribution is 2.33. The van der Waals surface area contributed by atoms with Gasteiger partial charge in [-0.15, -0.1) is 0 Å². The molecule has 0 fully saturated rings. The maximum absolute atomic E-state index is 12.0. The van der Waals surface area contributed by atoms with Gasteiger partial charge in [-0.1, -0.05) is 18.2 Å². The van der Waals surface area contributed by atoms with Gasteiger partial charge < -0.3 is 9.72 Å². The van der Waals surface area contributed by atoms with Crippen LogP contribution in [0.4, 0.5) is 8.78 Å². The van der Waals surface area contributed by atoms with Gasteiger partial charge in [-0.05, 0) is 22.0 Å². The predicted octanol–water partition coefficient (Wildman–Crippen LogP) is 3.53. The monoisotopic (exact) mass is 261 g/mol. The normalized spacial score (nSPS) is 11.1. The molecular weight excluding hydrogens is 256 g/mol. The van der Waals surface area contributed by atoms with E-state index in [-0.39, 0.29) is 5.88 Å². The van der Waals surface area contributed by atoms with Gasteiger partial charge in [0.2, 0.25) is 5.88 Å². The molecule has 5 heteroatoms. The average Bonchev–Trinajstić information content (AvgIpc) is 2.44. The Bertz CT molecular complexity index is 455. The number of para-hydroxylation sites is 1.